The van der Waals surface area contributed by atoms with Crippen molar-refractivity contribution in [2.24, 2.45) is 0 Å². The van der Waals surface area contributed by atoms with Gasteiger partial charge in [-0.3, -0.25) is 14.4 Å². The molecule has 1 unspecified atom stereocenters. The van der Waals surface area contributed by atoms with Gasteiger partial charge in [0.05, 0.1) is 22.3 Å². The van der Waals surface area contributed by atoms with Crippen LogP contribution in [0.25, 0.3) is 20.8 Å². The van der Waals surface area contributed by atoms with Gasteiger partial charge in [0, 0.05) is 17.7 Å². The van der Waals surface area contributed by atoms with Crippen LogP contribution in [0.15, 0.2) is 79.4 Å². The number of carbonyl (C=O) groups is 3. The fourth-order valence-corrected chi connectivity index (χ4v) is 5.46. The molecule has 1 aliphatic heterocycles. The van der Waals surface area contributed by atoms with Gasteiger partial charge in [0.1, 0.15) is 11.0 Å². The molecule has 36 heavy (non-hydrogen) atoms. The molecule has 0 bridgehead atoms. The van der Waals surface area contributed by atoms with Crippen LogP contribution in [0, 0.1) is 13.8 Å². The van der Waals surface area contributed by atoms with Gasteiger partial charge in [-0.2, -0.15) is 0 Å². The van der Waals surface area contributed by atoms with E-state index in [1.54, 1.807) is 41.7 Å². The first-order chi connectivity index (χ1) is 17.4. The number of rotatable bonds is 6. The van der Waals surface area contributed by atoms with E-state index in [4.69, 9.17) is 4.98 Å². The SMILES string of the molecule is C=CCN(C(=O)c1ccc(C)cc1)C1CC(=O)N(c2ccc(-c3nc4ccc(C)cc4s3)cc2)C1=O. The summed E-state index contributed by atoms with van der Waals surface area (Å²) < 4.78 is 1.11. The summed E-state index contributed by atoms with van der Waals surface area (Å²) in [5.74, 6) is -1.05. The van der Waals surface area contributed by atoms with Crippen molar-refractivity contribution < 1.29 is 14.4 Å². The third kappa shape index (κ3) is 4.33. The number of nitrogens with zero attached hydrogens (tertiary/aromatic N) is 3. The molecule has 0 saturated carbocycles. The Hall–Kier alpha value is -4.10. The molecule has 0 aliphatic carbocycles. The molecule has 1 aromatic heterocycles. The Bertz CT molecular complexity index is 1490. The van der Waals surface area contributed by atoms with Gasteiger partial charge in [0.25, 0.3) is 11.8 Å². The van der Waals surface area contributed by atoms with E-state index in [9.17, 15) is 14.4 Å². The third-order valence-electron chi connectivity index (χ3n) is 6.30. The summed E-state index contributed by atoms with van der Waals surface area (Å²) in [7, 11) is 0. The quantitative estimate of drug-likeness (QED) is 0.260. The Morgan fingerprint density at radius 1 is 1.06 bits per heavy atom. The van der Waals surface area contributed by atoms with Crippen molar-refractivity contribution in [2.45, 2.75) is 26.3 Å². The summed E-state index contributed by atoms with van der Waals surface area (Å²) in [6.45, 7) is 7.89. The topological polar surface area (TPSA) is 70.6 Å². The van der Waals surface area contributed by atoms with Crippen LogP contribution in [0.5, 0.6) is 0 Å². The molecule has 1 fully saturated rings. The van der Waals surface area contributed by atoms with Gasteiger partial charge in [-0.05, 0) is 67.9 Å². The molecule has 1 aliphatic rings. The third-order valence-corrected chi connectivity index (χ3v) is 7.37. The minimum atomic E-state index is -0.878. The lowest BCUT2D eigenvalue weighted by Gasteiger charge is -2.26. The van der Waals surface area contributed by atoms with Gasteiger partial charge in [-0.15, -0.1) is 17.9 Å². The van der Waals surface area contributed by atoms with Crippen molar-refractivity contribution in [3.63, 3.8) is 0 Å². The Balaban J connectivity index is 1.39. The molecule has 6 nitrogen and oxygen atoms in total. The highest BCUT2D eigenvalue weighted by atomic mass is 32.1. The van der Waals surface area contributed by atoms with Gasteiger partial charge in [0.15, 0.2) is 0 Å². The number of aromatic nitrogens is 1. The molecule has 0 N–H and O–H groups in total. The molecule has 2 heterocycles. The zero-order valence-electron chi connectivity index (χ0n) is 20.1. The number of hydrogen-bond acceptors (Lipinski definition) is 5. The average molecular weight is 496 g/mol. The molecule has 180 valence electrons. The van der Waals surface area contributed by atoms with Crippen LogP contribution in [-0.2, 0) is 9.59 Å². The smallest absolute Gasteiger partial charge is 0.257 e. The van der Waals surface area contributed by atoms with E-state index in [-0.39, 0.29) is 24.8 Å². The molecular weight excluding hydrogens is 470 g/mol. The Morgan fingerprint density at radius 3 is 2.44 bits per heavy atom. The van der Waals surface area contributed by atoms with E-state index in [1.807, 2.05) is 43.3 Å². The van der Waals surface area contributed by atoms with Crippen molar-refractivity contribution in [3.8, 4) is 10.6 Å². The lowest BCUT2D eigenvalue weighted by molar-refractivity contribution is -0.122. The number of imide groups is 1. The molecule has 0 radical (unpaired) electrons. The van der Waals surface area contributed by atoms with Crippen molar-refractivity contribution >= 4 is 45.0 Å². The van der Waals surface area contributed by atoms with Crippen LogP contribution in [0.2, 0.25) is 0 Å². The number of amides is 3. The predicted molar refractivity (Wildman–Crippen MR) is 143 cm³/mol. The molecule has 3 amide bonds. The number of fused-ring (bicyclic) bond motifs is 1. The molecule has 7 heteroatoms. The van der Waals surface area contributed by atoms with E-state index in [1.165, 1.54) is 15.4 Å². The van der Waals surface area contributed by atoms with E-state index in [0.717, 1.165) is 26.4 Å². The molecule has 1 atom stereocenters. The first-order valence-corrected chi connectivity index (χ1v) is 12.5. The van der Waals surface area contributed by atoms with Crippen molar-refractivity contribution in [3.05, 3.63) is 96.1 Å². The standard InChI is InChI=1S/C29H25N3O3S/c1-4-15-31(28(34)21-8-5-18(2)6-9-21)24-17-26(33)32(29(24)35)22-12-10-20(11-13-22)27-30-23-14-7-19(3)16-25(23)36-27/h4-14,16,24H,1,15,17H2,2-3H3. The van der Waals surface area contributed by atoms with E-state index in [2.05, 4.69) is 19.6 Å². The van der Waals surface area contributed by atoms with Crippen molar-refractivity contribution in [1.82, 2.24) is 9.88 Å². The molecule has 1 saturated heterocycles. The van der Waals surface area contributed by atoms with Gasteiger partial charge in [-0.1, -0.05) is 29.8 Å². The van der Waals surface area contributed by atoms with Crippen molar-refractivity contribution in [1.29, 1.82) is 0 Å². The zero-order chi connectivity index (χ0) is 25.4. The summed E-state index contributed by atoms with van der Waals surface area (Å²) in [5, 5.41) is 0.875. The van der Waals surface area contributed by atoms with Crippen LogP contribution in [0.4, 0.5) is 5.69 Å². The first-order valence-electron chi connectivity index (χ1n) is 11.7. The average Bonchev–Trinajstić information content (AvgIpc) is 3.42. The summed E-state index contributed by atoms with van der Waals surface area (Å²) >= 11 is 1.60. The summed E-state index contributed by atoms with van der Waals surface area (Å²) in [6, 6.07) is 19.7. The Morgan fingerprint density at radius 2 is 1.75 bits per heavy atom. The zero-order valence-corrected chi connectivity index (χ0v) is 20.9. The highest BCUT2D eigenvalue weighted by Crippen LogP contribution is 2.33. The fraction of sp³-hybridized carbons (Fsp3) is 0.172. The highest BCUT2D eigenvalue weighted by molar-refractivity contribution is 7.21. The first kappa shape index (κ1) is 23.6. The maximum atomic E-state index is 13.4. The molecule has 4 aromatic rings. The summed E-state index contributed by atoms with van der Waals surface area (Å²) in [4.78, 5) is 46.9. The van der Waals surface area contributed by atoms with Crippen molar-refractivity contribution in [2.75, 3.05) is 11.4 Å². The number of thiazole rings is 1. The largest absolute Gasteiger partial charge is 0.322 e. The van der Waals surface area contributed by atoms with Gasteiger partial charge >= 0.3 is 0 Å². The molecule has 0 spiro atoms. The van der Waals surface area contributed by atoms with Gasteiger partial charge < -0.3 is 4.90 Å². The van der Waals surface area contributed by atoms with E-state index >= 15 is 0 Å². The van der Waals surface area contributed by atoms with E-state index in [0.29, 0.717) is 11.3 Å². The maximum Gasteiger partial charge on any atom is 0.257 e. The van der Waals surface area contributed by atoms with Gasteiger partial charge in [0.2, 0.25) is 5.91 Å². The number of benzene rings is 3. The molecule has 3 aromatic carbocycles. The van der Waals surface area contributed by atoms with Crippen LogP contribution in [0.3, 0.4) is 0 Å². The minimum absolute atomic E-state index is 0.0662. The van der Waals surface area contributed by atoms with Gasteiger partial charge in [-0.25, -0.2) is 9.88 Å². The number of anilines is 1. The van der Waals surface area contributed by atoms with Crippen LogP contribution < -0.4 is 4.90 Å². The summed E-state index contributed by atoms with van der Waals surface area (Å²) in [5.41, 5.74) is 5.02. The molecular formula is C29H25N3O3S. The second-order valence-corrected chi connectivity index (χ2v) is 9.97. The number of hydrogen-bond donors (Lipinski definition) is 0. The predicted octanol–water partition coefficient (Wildman–Crippen LogP) is 5.54. The second kappa shape index (κ2) is 9.51. The van der Waals surface area contributed by atoms with Crippen LogP contribution >= 0.6 is 11.3 Å². The highest BCUT2D eigenvalue weighted by Gasteiger charge is 2.44. The maximum absolute atomic E-state index is 13.4. The lowest BCUT2D eigenvalue weighted by atomic mass is 10.1. The van der Waals surface area contributed by atoms with Crippen LogP contribution in [0.1, 0.15) is 27.9 Å². The van der Waals surface area contributed by atoms with Crippen LogP contribution in [-0.4, -0.2) is 40.2 Å². The van der Waals surface area contributed by atoms with E-state index < -0.39 is 11.9 Å². The second-order valence-electron chi connectivity index (χ2n) is 8.94. The Kier molecular flexibility index (Phi) is 6.24. The fourth-order valence-electron chi connectivity index (χ4n) is 4.39. The Labute approximate surface area is 213 Å². The monoisotopic (exact) mass is 495 g/mol. The molecule has 5 rings (SSSR count). The minimum Gasteiger partial charge on any atom is -0.322 e. The lowest BCUT2D eigenvalue weighted by Crippen LogP contribution is -2.45. The summed E-state index contributed by atoms with van der Waals surface area (Å²) in [6.07, 6.45) is 1.50. The normalized spacial score (nSPS) is 15.5. The number of carbonyl (C=O) groups excluding carboxylic acids is 3. The number of aryl methyl sites for hydroxylation is 2.